The molecule has 0 saturated carbocycles. The van der Waals surface area contributed by atoms with Gasteiger partial charge in [0.25, 0.3) is 0 Å². The second-order valence-corrected chi connectivity index (χ2v) is 5.39. The highest BCUT2D eigenvalue weighted by atomic mass is 35.5. The Hall–Kier alpha value is -0.850. The first-order valence-corrected chi connectivity index (χ1v) is 7.45. The summed E-state index contributed by atoms with van der Waals surface area (Å²) in [5.74, 6) is -0.0368. The van der Waals surface area contributed by atoms with Gasteiger partial charge in [0.1, 0.15) is 0 Å². The molecule has 6 nitrogen and oxygen atoms in total. The van der Waals surface area contributed by atoms with E-state index in [0.29, 0.717) is 19.8 Å². The monoisotopic (exact) mass is 321 g/mol. The van der Waals surface area contributed by atoms with Gasteiger partial charge in [-0.05, 0) is 32.1 Å². The van der Waals surface area contributed by atoms with Crippen molar-refractivity contribution in [3.05, 3.63) is 0 Å². The van der Waals surface area contributed by atoms with Crippen LogP contribution in [0.5, 0.6) is 0 Å². The Morgan fingerprint density at radius 3 is 2.52 bits per heavy atom. The van der Waals surface area contributed by atoms with Gasteiger partial charge in [0.15, 0.2) is 0 Å². The van der Waals surface area contributed by atoms with Crippen molar-refractivity contribution in [2.45, 2.75) is 51.6 Å². The number of ether oxygens (including phenoxy) is 1. The average molecular weight is 322 g/mol. The summed E-state index contributed by atoms with van der Waals surface area (Å²) in [6, 6.07) is -0.334. The number of rotatable bonds is 7. The molecule has 0 bridgehead atoms. The second-order valence-electron chi connectivity index (χ2n) is 5.39. The first-order valence-electron chi connectivity index (χ1n) is 7.45. The minimum Gasteiger partial charge on any atom is -0.381 e. The summed E-state index contributed by atoms with van der Waals surface area (Å²) in [6.45, 7) is 5.64. The van der Waals surface area contributed by atoms with Crippen molar-refractivity contribution in [2.24, 2.45) is 11.7 Å². The number of nitrogens with two attached hydrogens (primary N) is 1. The Bertz CT molecular complexity index is 323. The van der Waals surface area contributed by atoms with Gasteiger partial charge in [-0.15, -0.1) is 12.4 Å². The molecule has 1 aliphatic rings. The number of amides is 2. The van der Waals surface area contributed by atoms with Crippen LogP contribution >= 0.6 is 12.4 Å². The van der Waals surface area contributed by atoms with Crippen LogP contribution in [0, 0.1) is 5.92 Å². The number of hydrogen-bond donors (Lipinski definition) is 3. The Labute approximate surface area is 133 Å². The fraction of sp³-hybridized carbons (Fsp3) is 0.857. The smallest absolute Gasteiger partial charge is 0.237 e. The van der Waals surface area contributed by atoms with E-state index in [9.17, 15) is 9.59 Å². The molecule has 2 amide bonds. The molecule has 0 aromatic rings. The van der Waals surface area contributed by atoms with Crippen LogP contribution in [0.2, 0.25) is 0 Å². The van der Waals surface area contributed by atoms with Gasteiger partial charge in [0.05, 0.1) is 6.04 Å². The fourth-order valence-corrected chi connectivity index (χ4v) is 2.16. The molecule has 124 valence electrons. The van der Waals surface area contributed by atoms with Crippen molar-refractivity contribution in [3.63, 3.8) is 0 Å². The fourth-order valence-electron chi connectivity index (χ4n) is 2.16. The number of halogens is 1. The van der Waals surface area contributed by atoms with Crippen LogP contribution in [0.3, 0.4) is 0 Å². The molecule has 0 spiro atoms. The molecule has 0 aromatic carbocycles. The summed E-state index contributed by atoms with van der Waals surface area (Å²) >= 11 is 0. The Balaban J connectivity index is 0.00000400. The van der Waals surface area contributed by atoms with Crippen LogP contribution in [0.15, 0.2) is 0 Å². The van der Waals surface area contributed by atoms with Gasteiger partial charge in [-0.2, -0.15) is 0 Å². The van der Waals surface area contributed by atoms with Crippen molar-refractivity contribution >= 4 is 24.2 Å². The molecule has 1 rings (SSSR count). The van der Waals surface area contributed by atoms with E-state index in [1.807, 2.05) is 13.8 Å². The Kier molecular flexibility index (Phi) is 10.4. The van der Waals surface area contributed by atoms with Crippen LogP contribution in [0.1, 0.15) is 39.5 Å². The average Bonchev–Trinajstić information content (AvgIpc) is 2.47. The molecule has 1 saturated heterocycles. The van der Waals surface area contributed by atoms with E-state index in [-0.39, 0.29) is 42.6 Å². The van der Waals surface area contributed by atoms with E-state index >= 15 is 0 Å². The highest BCUT2D eigenvalue weighted by Gasteiger charge is 2.26. The van der Waals surface area contributed by atoms with Crippen molar-refractivity contribution in [1.82, 2.24) is 10.6 Å². The van der Waals surface area contributed by atoms with Crippen LogP contribution < -0.4 is 16.4 Å². The third kappa shape index (κ3) is 7.64. The topological polar surface area (TPSA) is 93.5 Å². The molecular formula is C14H28ClN3O3. The summed E-state index contributed by atoms with van der Waals surface area (Å²) in [7, 11) is 0. The van der Waals surface area contributed by atoms with Crippen LogP contribution in [0.25, 0.3) is 0 Å². The van der Waals surface area contributed by atoms with Crippen LogP contribution in [-0.2, 0) is 14.3 Å². The minimum absolute atomic E-state index is 0. The summed E-state index contributed by atoms with van der Waals surface area (Å²) in [5, 5.41) is 5.59. The number of nitrogens with one attached hydrogen (secondary N) is 2. The molecule has 0 aromatic heterocycles. The van der Waals surface area contributed by atoms with Gasteiger partial charge >= 0.3 is 0 Å². The summed E-state index contributed by atoms with van der Waals surface area (Å²) in [6.07, 6.45) is 2.83. The molecule has 4 N–H and O–H groups in total. The van der Waals surface area contributed by atoms with Crippen molar-refractivity contribution in [1.29, 1.82) is 0 Å². The maximum Gasteiger partial charge on any atom is 0.237 e. The van der Waals surface area contributed by atoms with Crippen molar-refractivity contribution in [3.8, 4) is 0 Å². The molecule has 0 aliphatic carbocycles. The lowest BCUT2D eigenvalue weighted by Gasteiger charge is -2.26. The molecule has 2 atom stereocenters. The van der Waals surface area contributed by atoms with Crippen LogP contribution in [0.4, 0.5) is 0 Å². The normalized spacial score (nSPS) is 18.2. The largest absolute Gasteiger partial charge is 0.381 e. The first-order chi connectivity index (χ1) is 9.54. The third-order valence-corrected chi connectivity index (χ3v) is 3.75. The van der Waals surface area contributed by atoms with E-state index in [4.69, 9.17) is 10.5 Å². The number of hydrogen-bond acceptors (Lipinski definition) is 4. The van der Waals surface area contributed by atoms with Gasteiger partial charge in [-0.25, -0.2) is 0 Å². The third-order valence-electron chi connectivity index (χ3n) is 3.75. The maximum absolute atomic E-state index is 11.9. The molecule has 1 aliphatic heterocycles. The molecule has 1 fully saturated rings. The summed E-state index contributed by atoms with van der Waals surface area (Å²) in [5.41, 5.74) is 5.94. The molecule has 0 radical (unpaired) electrons. The van der Waals surface area contributed by atoms with Gasteiger partial charge in [0, 0.05) is 32.2 Å². The lowest BCUT2D eigenvalue weighted by Crippen LogP contribution is -2.47. The zero-order valence-electron chi connectivity index (χ0n) is 12.9. The number of carbonyl (C=O) groups is 2. The maximum atomic E-state index is 11.9. The van der Waals surface area contributed by atoms with E-state index in [1.165, 1.54) is 0 Å². The first kappa shape index (κ1) is 20.1. The second kappa shape index (κ2) is 10.8. The quantitative estimate of drug-likeness (QED) is 0.639. The highest BCUT2D eigenvalue weighted by Crippen LogP contribution is 2.17. The standard InChI is InChI=1S/C14H27N3O3.ClH/c1-3-10(2)17-12(18)4-7-16-14(19)13(15)11-5-8-20-9-6-11;/h10-11,13H,3-9,15H2,1-2H3,(H,16,19)(H,17,18);1H. The molecule has 7 heteroatoms. The van der Waals surface area contributed by atoms with Gasteiger partial charge < -0.3 is 21.1 Å². The lowest BCUT2D eigenvalue weighted by molar-refractivity contribution is -0.124. The van der Waals surface area contributed by atoms with E-state index in [2.05, 4.69) is 10.6 Å². The van der Waals surface area contributed by atoms with E-state index < -0.39 is 6.04 Å². The Morgan fingerprint density at radius 2 is 1.95 bits per heavy atom. The predicted octanol–water partition coefficient (Wildman–Crippen LogP) is 0.583. The van der Waals surface area contributed by atoms with E-state index in [1.54, 1.807) is 0 Å². The lowest BCUT2D eigenvalue weighted by atomic mass is 9.92. The van der Waals surface area contributed by atoms with Gasteiger partial charge in [-0.1, -0.05) is 6.92 Å². The number of carbonyl (C=O) groups excluding carboxylic acids is 2. The SMILES string of the molecule is CCC(C)NC(=O)CCNC(=O)C(N)C1CCOCC1.Cl. The van der Waals surface area contributed by atoms with Gasteiger partial charge in [-0.3, -0.25) is 9.59 Å². The Morgan fingerprint density at radius 1 is 1.33 bits per heavy atom. The van der Waals surface area contributed by atoms with Crippen LogP contribution in [-0.4, -0.2) is 43.7 Å². The predicted molar refractivity (Wildman–Crippen MR) is 84.3 cm³/mol. The summed E-state index contributed by atoms with van der Waals surface area (Å²) < 4.78 is 5.25. The van der Waals surface area contributed by atoms with Crippen molar-refractivity contribution in [2.75, 3.05) is 19.8 Å². The van der Waals surface area contributed by atoms with Crippen molar-refractivity contribution < 1.29 is 14.3 Å². The van der Waals surface area contributed by atoms with Gasteiger partial charge in [0.2, 0.25) is 11.8 Å². The zero-order valence-corrected chi connectivity index (χ0v) is 13.7. The highest BCUT2D eigenvalue weighted by molar-refractivity contribution is 5.85. The molecule has 2 unspecified atom stereocenters. The minimum atomic E-state index is -0.503. The molecule has 1 heterocycles. The zero-order chi connectivity index (χ0) is 15.0. The van der Waals surface area contributed by atoms with E-state index in [0.717, 1.165) is 19.3 Å². The molecule has 21 heavy (non-hydrogen) atoms. The summed E-state index contributed by atoms with van der Waals surface area (Å²) in [4.78, 5) is 23.4. The molecular weight excluding hydrogens is 294 g/mol.